The fraction of sp³-hybridized carbons (Fsp3) is 0.333. The second kappa shape index (κ2) is 5.58. The summed E-state index contributed by atoms with van der Waals surface area (Å²) in [6.07, 6.45) is 0.334. The first-order valence-corrected chi connectivity index (χ1v) is 5.77. The summed E-state index contributed by atoms with van der Waals surface area (Å²) < 4.78 is 57.9. The smallest absolute Gasteiger partial charge is 0.264 e. The molecule has 0 aliphatic carbocycles. The van der Waals surface area contributed by atoms with Gasteiger partial charge < -0.3 is 9.84 Å². The van der Waals surface area contributed by atoms with Crippen LogP contribution in [0.25, 0.3) is 11.5 Å². The highest BCUT2D eigenvalue weighted by molar-refractivity contribution is 5.55. The third-order valence-corrected chi connectivity index (χ3v) is 2.78. The summed E-state index contributed by atoms with van der Waals surface area (Å²) in [5.74, 6) is -6.62. The monoisotopic (exact) mass is 289 g/mol. The van der Waals surface area contributed by atoms with Crippen LogP contribution in [-0.4, -0.2) is 23.2 Å². The van der Waals surface area contributed by atoms with E-state index in [0.717, 1.165) is 0 Å². The van der Waals surface area contributed by atoms with Crippen LogP contribution in [-0.2, 0) is 6.42 Å². The van der Waals surface area contributed by atoms with E-state index in [-0.39, 0.29) is 17.9 Å². The van der Waals surface area contributed by atoms with Crippen molar-refractivity contribution in [3.63, 3.8) is 0 Å². The molecule has 4 nitrogen and oxygen atoms in total. The number of likely N-dealkylation sites (N-methyl/N-ethyl adjacent to an activating group) is 1. The number of hydrogen-bond donors (Lipinski definition) is 1. The molecule has 2 aromatic rings. The Labute approximate surface area is 111 Å². The van der Waals surface area contributed by atoms with Crippen LogP contribution < -0.4 is 5.32 Å². The van der Waals surface area contributed by atoms with Crippen molar-refractivity contribution < 1.29 is 22.1 Å². The van der Waals surface area contributed by atoms with E-state index in [4.69, 9.17) is 0 Å². The number of aromatic nitrogens is 2. The minimum Gasteiger partial charge on any atom is -0.334 e. The molecule has 0 bridgehead atoms. The van der Waals surface area contributed by atoms with E-state index in [1.807, 2.05) is 6.92 Å². The summed E-state index contributed by atoms with van der Waals surface area (Å²) in [6, 6.07) is 0.119. The lowest BCUT2D eigenvalue weighted by molar-refractivity contribution is 0.405. The molecule has 1 aromatic carbocycles. The Bertz CT molecular complexity index is 603. The predicted molar refractivity (Wildman–Crippen MR) is 61.8 cm³/mol. The highest BCUT2D eigenvalue weighted by Crippen LogP contribution is 2.28. The van der Waals surface area contributed by atoms with Gasteiger partial charge in [-0.05, 0) is 14.0 Å². The summed E-state index contributed by atoms with van der Waals surface area (Å²) in [6.45, 7) is 1.83. The molecule has 0 aliphatic rings. The summed E-state index contributed by atoms with van der Waals surface area (Å²) in [5, 5.41) is 6.43. The van der Waals surface area contributed by atoms with E-state index in [1.54, 1.807) is 7.05 Å². The molecule has 20 heavy (non-hydrogen) atoms. The molecular formula is C12H11F4N3O. The SMILES string of the molecule is CNC(C)Cc1noc(-c2c(F)c(F)cc(F)c2F)n1. The maximum atomic E-state index is 13.5. The normalized spacial score (nSPS) is 12.7. The van der Waals surface area contributed by atoms with Gasteiger partial charge in [0.2, 0.25) is 0 Å². The largest absolute Gasteiger partial charge is 0.334 e. The Balaban J connectivity index is 2.42. The molecule has 2 rings (SSSR count). The van der Waals surface area contributed by atoms with Gasteiger partial charge in [0, 0.05) is 18.5 Å². The highest BCUT2D eigenvalue weighted by atomic mass is 19.2. The number of benzene rings is 1. The molecule has 1 N–H and O–H groups in total. The lowest BCUT2D eigenvalue weighted by atomic mass is 10.1. The first-order chi connectivity index (χ1) is 9.43. The van der Waals surface area contributed by atoms with Gasteiger partial charge in [-0.3, -0.25) is 0 Å². The Hall–Kier alpha value is -1.96. The highest BCUT2D eigenvalue weighted by Gasteiger charge is 2.25. The molecular weight excluding hydrogens is 278 g/mol. The van der Waals surface area contributed by atoms with E-state index in [9.17, 15) is 17.6 Å². The molecule has 1 aromatic heterocycles. The molecule has 0 radical (unpaired) electrons. The van der Waals surface area contributed by atoms with Crippen molar-refractivity contribution in [2.24, 2.45) is 0 Å². The van der Waals surface area contributed by atoms with Crippen LogP contribution >= 0.6 is 0 Å². The van der Waals surface area contributed by atoms with E-state index >= 15 is 0 Å². The molecule has 0 saturated heterocycles. The van der Waals surface area contributed by atoms with Gasteiger partial charge in [0.25, 0.3) is 5.89 Å². The zero-order valence-corrected chi connectivity index (χ0v) is 10.7. The van der Waals surface area contributed by atoms with Crippen LogP contribution in [0.5, 0.6) is 0 Å². The van der Waals surface area contributed by atoms with Crippen molar-refractivity contribution in [3.8, 4) is 11.5 Å². The second-order valence-corrected chi connectivity index (χ2v) is 4.25. The van der Waals surface area contributed by atoms with Crippen molar-refractivity contribution in [1.29, 1.82) is 0 Å². The lowest BCUT2D eigenvalue weighted by Crippen LogP contribution is -2.24. The van der Waals surface area contributed by atoms with Crippen LogP contribution in [0.1, 0.15) is 12.7 Å². The molecule has 0 aliphatic heterocycles. The number of hydrogen-bond acceptors (Lipinski definition) is 4. The summed E-state index contributed by atoms with van der Waals surface area (Å²) in [4.78, 5) is 3.74. The van der Waals surface area contributed by atoms with Gasteiger partial charge in [-0.2, -0.15) is 4.98 Å². The quantitative estimate of drug-likeness (QED) is 0.694. The lowest BCUT2D eigenvalue weighted by Gasteiger charge is -2.05. The number of halogens is 4. The fourth-order valence-electron chi connectivity index (χ4n) is 1.58. The maximum Gasteiger partial charge on any atom is 0.264 e. The second-order valence-electron chi connectivity index (χ2n) is 4.25. The van der Waals surface area contributed by atoms with Crippen LogP contribution in [0, 0.1) is 23.3 Å². The van der Waals surface area contributed by atoms with E-state index in [2.05, 4.69) is 20.0 Å². The third kappa shape index (κ3) is 2.64. The molecule has 8 heteroatoms. The van der Waals surface area contributed by atoms with Crippen molar-refractivity contribution in [3.05, 3.63) is 35.2 Å². The summed E-state index contributed by atoms with van der Waals surface area (Å²) in [7, 11) is 1.72. The van der Waals surface area contributed by atoms with E-state index < -0.39 is 34.7 Å². The topological polar surface area (TPSA) is 51.0 Å². The maximum absolute atomic E-state index is 13.5. The molecule has 0 spiro atoms. The molecule has 108 valence electrons. The zero-order valence-electron chi connectivity index (χ0n) is 10.7. The molecule has 1 heterocycles. The molecule has 0 fully saturated rings. The Morgan fingerprint density at radius 3 is 2.35 bits per heavy atom. The number of nitrogens with zero attached hydrogens (tertiary/aromatic N) is 2. The molecule has 1 unspecified atom stereocenters. The van der Waals surface area contributed by atoms with Crippen LogP contribution in [0.2, 0.25) is 0 Å². The predicted octanol–water partition coefficient (Wildman–Crippen LogP) is 2.44. The summed E-state index contributed by atoms with van der Waals surface area (Å²) >= 11 is 0. The Morgan fingerprint density at radius 2 is 1.80 bits per heavy atom. The Kier molecular flexibility index (Phi) is 4.03. The van der Waals surface area contributed by atoms with Crippen LogP contribution in [0.4, 0.5) is 17.6 Å². The first-order valence-electron chi connectivity index (χ1n) is 5.77. The summed E-state index contributed by atoms with van der Waals surface area (Å²) in [5.41, 5.74) is -1.00. The van der Waals surface area contributed by atoms with Crippen LogP contribution in [0.15, 0.2) is 10.6 Å². The van der Waals surface area contributed by atoms with Gasteiger partial charge in [-0.25, -0.2) is 17.6 Å². The molecule has 0 saturated carbocycles. The van der Waals surface area contributed by atoms with Crippen molar-refractivity contribution in [1.82, 2.24) is 15.5 Å². The van der Waals surface area contributed by atoms with Gasteiger partial charge in [0.1, 0.15) is 5.56 Å². The van der Waals surface area contributed by atoms with E-state index in [0.29, 0.717) is 6.42 Å². The Morgan fingerprint density at radius 1 is 1.20 bits per heavy atom. The molecule has 1 atom stereocenters. The van der Waals surface area contributed by atoms with Gasteiger partial charge in [-0.15, -0.1) is 0 Å². The van der Waals surface area contributed by atoms with E-state index in [1.165, 1.54) is 0 Å². The molecule has 0 amide bonds. The third-order valence-electron chi connectivity index (χ3n) is 2.78. The minimum atomic E-state index is -1.57. The standard InChI is InChI=1S/C12H11F4N3O/c1-5(17-2)3-8-18-12(20-19-8)9-10(15)6(13)4-7(14)11(9)16/h4-5,17H,3H2,1-2H3. The van der Waals surface area contributed by atoms with Gasteiger partial charge in [0.15, 0.2) is 29.1 Å². The fourth-order valence-corrected chi connectivity index (χ4v) is 1.58. The van der Waals surface area contributed by atoms with Crippen LogP contribution in [0.3, 0.4) is 0 Å². The van der Waals surface area contributed by atoms with Crippen molar-refractivity contribution >= 4 is 0 Å². The average Bonchev–Trinajstić information content (AvgIpc) is 2.85. The number of nitrogens with one attached hydrogen (secondary N) is 1. The minimum absolute atomic E-state index is 0.000565. The zero-order chi connectivity index (χ0) is 14.9. The van der Waals surface area contributed by atoms with Gasteiger partial charge in [0.05, 0.1) is 0 Å². The van der Waals surface area contributed by atoms with Gasteiger partial charge >= 0.3 is 0 Å². The van der Waals surface area contributed by atoms with Crippen molar-refractivity contribution in [2.75, 3.05) is 7.05 Å². The average molecular weight is 289 g/mol. The number of rotatable bonds is 4. The van der Waals surface area contributed by atoms with Crippen molar-refractivity contribution in [2.45, 2.75) is 19.4 Å². The van der Waals surface area contributed by atoms with Gasteiger partial charge in [-0.1, -0.05) is 5.16 Å². The first kappa shape index (κ1) is 14.4.